The molecule has 0 saturated heterocycles. The fourth-order valence-electron chi connectivity index (χ4n) is 1.36. The molecular formula is C11H10F3NO2. The van der Waals surface area contributed by atoms with Gasteiger partial charge in [0.15, 0.2) is 0 Å². The molecule has 0 unspecified atom stereocenters. The van der Waals surface area contributed by atoms with Gasteiger partial charge in [-0.25, -0.2) is 0 Å². The van der Waals surface area contributed by atoms with Crippen molar-refractivity contribution >= 4 is 11.8 Å². The van der Waals surface area contributed by atoms with Crippen molar-refractivity contribution in [3.8, 4) is 0 Å². The molecule has 92 valence electrons. The van der Waals surface area contributed by atoms with Gasteiger partial charge in [-0.2, -0.15) is 13.2 Å². The van der Waals surface area contributed by atoms with Gasteiger partial charge >= 0.3 is 6.18 Å². The second-order valence-corrected chi connectivity index (χ2v) is 3.44. The van der Waals surface area contributed by atoms with E-state index in [1.165, 1.54) is 18.2 Å². The number of hydrogen-bond acceptors (Lipinski definition) is 2. The van der Waals surface area contributed by atoms with Crippen LogP contribution in [0.15, 0.2) is 24.3 Å². The van der Waals surface area contributed by atoms with Gasteiger partial charge in [0.05, 0.1) is 12.0 Å². The maximum absolute atomic E-state index is 12.6. The van der Waals surface area contributed by atoms with E-state index in [1.807, 2.05) is 5.32 Å². The number of halogens is 3. The van der Waals surface area contributed by atoms with Gasteiger partial charge in [-0.15, -0.1) is 0 Å². The summed E-state index contributed by atoms with van der Waals surface area (Å²) in [5, 5.41) is 1.92. The van der Waals surface area contributed by atoms with Gasteiger partial charge in [0.2, 0.25) is 11.8 Å². The van der Waals surface area contributed by atoms with E-state index in [4.69, 9.17) is 0 Å². The lowest BCUT2D eigenvalue weighted by molar-refractivity contribution is -0.138. The summed E-state index contributed by atoms with van der Waals surface area (Å²) >= 11 is 0. The Balaban J connectivity index is 2.92. The lowest BCUT2D eigenvalue weighted by atomic mass is 10.0. The Labute approximate surface area is 95.6 Å². The maximum Gasteiger partial charge on any atom is 0.416 e. The Morgan fingerprint density at radius 1 is 1.24 bits per heavy atom. The van der Waals surface area contributed by atoms with E-state index in [9.17, 15) is 22.8 Å². The Morgan fingerprint density at radius 2 is 1.82 bits per heavy atom. The summed E-state index contributed by atoms with van der Waals surface area (Å²) < 4.78 is 37.7. The Morgan fingerprint density at radius 3 is 2.35 bits per heavy atom. The molecule has 1 rings (SSSR count). The van der Waals surface area contributed by atoms with Crippen LogP contribution in [0.1, 0.15) is 18.1 Å². The summed E-state index contributed by atoms with van der Waals surface area (Å²) in [7, 11) is 0. The van der Waals surface area contributed by atoms with Crippen LogP contribution in [0.3, 0.4) is 0 Å². The normalized spacial score (nSPS) is 11.1. The lowest BCUT2D eigenvalue weighted by Crippen LogP contribution is -2.30. The van der Waals surface area contributed by atoms with Gasteiger partial charge in [0.25, 0.3) is 0 Å². The van der Waals surface area contributed by atoms with Gasteiger partial charge in [0, 0.05) is 6.92 Å². The molecule has 0 aliphatic carbocycles. The van der Waals surface area contributed by atoms with Crippen LogP contribution < -0.4 is 5.32 Å². The highest BCUT2D eigenvalue weighted by atomic mass is 19.4. The number of nitrogens with one attached hydrogen (secondary N) is 1. The van der Waals surface area contributed by atoms with E-state index in [2.05, 4.69) is 0 Å². The van der Waals surface area contributed by atoms with Gasteiger partial charge in [-0.05, 0) is 11.6 Å². The highest BCUT2D eigenvalue weighted by Crippen LogP contribution is 2.31. The van der Waals surface area contributed by atoms with Crippen LogP contribution in [0.25, 0.3) is 0 Å². The molecule has 0 aromatic heterocycles. The first-order valence-electron chi connectivity index (χ1n) is 4.76. The Hall–Kier alpha value is -1.85. The molecule has 0 bridgehead atoms. The van der Waals surface area contributed by atoms with Crippen molar-refractivity contribution in [3.63, 3.8) is 0 Å². The molecule has 3 nitrogen and oxygen atoms in total. The number of carbonyl (C=O) groups is 2. The van der Waals surface area contributed by atoms with Crippen LogP contribution in [0.4, 0.5) is 13.2 Å². The Bertz CT molecular complexity index is 441. The maximum atomic E-state index is 12.6. The molecule has 0 radical (unpaired) electrons. The monoisotopic (exact) mass is 245 g/mol. The van der Waals surface area contributed by atoms with E-state index in [1.54, 1.807) is 0 Å². The van der Waals surface area contributed by atoms with Crippen molar-refractivity contribution in [2.75, 3.05) is 0 Å². The number of amides is 2. The molecule has 17 heavy (non-hydrogen) atoms. The molecule has 1 aromatic carbocycles. The fourth-order valence-corrected chi connectivity index (χ4v) is 1.36. The average molecular weight is 245 g/mol. The van der Waals surface area contributed by atoms with Gasteiger partial charge in [-0.1, -0.05) is 18.2 Å². The lowest BCUT2D eigenvalue weighted by Gasteiger charge is -2.11. The summed E-state index contributed by atoms with van der Waals surface area (Å²) in [4.78, 5) is 21.8. The van der Waals surface area contributed by atoms with E-state index in [0.717, 1.165) is 13.0 Å². The fraction of sp³-hybridized carbons (Fsp3) is 0.273. The van der Waals surface area contributed by atoms with E-state index >= 15 is 0 Å². The van der Waals surface area contributed by atoms with Crippen molar-refractivity contribution < 1.29 is 22.8 Å². The minimum atomic E-state index is -4.51. The van der Waals surface area contributed by atoms with Crippen molar-refractivity contribution in [2.24, 2.45) is 0 Å². The summed E-state index contributed by atoms with van der Waals surface area (Å²) in [6.45, 7) is 1.12. The van der Waals surface area contributed by atoms with E-state index < -0.39 is 30.0 Å². The standard InChI is InChI=1S/C11H10F3NO2/c1-7(16)15-10(17)6-8-4-2-3-5-9(8)11(12,13)14/h2-5H,6H2,1H3,(H,15,16,17). The number of benzene rings is 1. The SMILES string of the molecule is CC(=O)NC(=O)Cc1ccccc1C(F)(F)F. The zero-order chi connectivity index (χ0) is 13.1. The minimum absolute atomic E-state index is 0.154. The number of imide groups is 1. The van der Waals surface area contributed by atoms with Crippen LogP contribution in [-0.2, 0) is 22.2 Å². The second-order valence-electron chi connectivity index (χ2n) is 3.44. The number of alkyl halides is 3. The van der Waals surface area contributed by atoms with Crippen LogP contribution in [0, 0.1) is 0 Å². The van der Waals surface area contributed by atoms with Gasteiger partial charge < -0.3 is 0 Å². The highest BCUT2D eigenvalue weighted by molar-refractivity contribution is 5.95. The third kappa shape index (κ3) is 3.90. The zero-order valence-corrected chi connectivity index (χ0v) is 8.97. The molecule has 0 atom stereocenters. The summed E-state index contributed by atoms with van der Waals surface area (Å²) in [6, 6.07) is 4.76. The van der Waals surface area contributed by atoms with Gasteiger partial charge in [0.1, 0.15) is 0 Å². The molecule has 0 heterocycles. The molecule has 0 aliphatic heterocycles. The molecule has 6 heteroatoms. The Kier molecular flexibility index (Phi) is 3.88. The van der Waals surface area contributed by atoms with Crippen LogP contribution in [-0.4, -0.2) is 11.8 Å². The van der Waals surface area contributed by atoms with Crippen molar-refractivity contribution in [3.05, 3.63) is 35.4 Å². The summed E-state index contributed by atoms with van der Waals surface area (Å²) in [6.07, 6.45) is -4.98. The quantitative estimate of drug-likeness (QED) is 0.865. The molecule has 0 saturated carbocycles. The first kappa shape index (κ1) is 13.2. The van der Waals surface area contributed by atoms with Crippen molar-refractivity contribution in [1.82, 2.24) is 5.32 Å². The molecule has 0 fully saturated rings. The smallest absolute Gasteiger partial charge is 0.296 e. The molecule has 2 amide bonds. The molecule has 1 N–H and O–H groups in total. The number of carbonyl (C=O) groups excluding carboxylic acids is 2. The minimum Gasteiger partial charge on any atom is -0.296 e. The average Bonchev–Trinajstić information content (AvgIpc) is 2.15. The highest BCUT2D eigenvalue weighted by Gasteiger charge is 2.33. The van der Waals surface area contributed by atoms with Crippen molar-refractivity contribution in [2.45, 2.75) is 19.5 Å². The molecule has 0 spiro atoms. The first-order chi connectivity index (χ1) is 7.80. The van der Waals surface area contributed by atoms with E-state index in [0.29, 0.717) is 0 Å². The first-order valence-corrected chi connectivity index (χ1v) is 4.76. The van der Waals surface area contributed by atoms with Crippen LogP contribution in [0.2, 0.25) is 0 Å². The summed E-state index contributed by atoms with van der Waals surface area (Å²) in [5.41, 5.74) is -1.02. The molecule has 1 aromatic rings. The van der Waals surface area contributed by atoms with Crippen LogP contribution in [0.5, 0.6) is 0 Å². The zero-order valence-electron chi connectivity index (χ0n) is 8.97. The van der Waals surface area contributed by atoms with Crippen molar-refractivity contribution in [1.29, 1.82) is 0 Å². The molecule has 0 aliphatic rings. The number of hydrogen-bond donors (Lipinski definition) is 1. The largest absolute Gasteiger partial charge is 0.416 e. The predicted octanol–water partition coefficient (Wildman–Crippen LogP) is 1.91. The summed E-state index contributed by atoms with van der Waals surface area (Å²) in [5.74, 6) is -1.35. The second kappa shape index (κ2) is 4.99. The van der Waals surface area contributed by atoms with Crippen LogP contribution >= 0.6 is 0 Å². The predicted molar refractivity (Wildman–Crippen MR) is 54.0 cm³/mol. The van der Waals surface area contributed by atoms with Gasteiger partial charge in [-0.3, -0.25) is 14.9 Å². The third-order valence-corrected chi connectivity index (χ3v) is 1.99. The number of rotatable bonds is 2. The van der Waals surface area contributed by atoms with E-state index in [-0.39, 0.29) is 5.56 Å². The molecular weight excluding hydrogens is 235 g/mol. The topological polar surface area (TPSA) is 46.2 Å². The third-order valence-electron chi connectivity index (χ3n) is 1.99.